The van der Waals surface area contributed by atoms with E-state index in [1.165, 1.54) is 5.57 Å². The molecule has 0 saturated heterocycles. The Bertz CT molecular complexity index is 238. The molecule has 0 aromatic heterocycles. The minimum atomic E-state index is 0.130. The third-order valence-electron chi connectivity index (χ3n) is 1.85. The van der Waals surface area contributed by atoms with E-state index in [0.29, 0.717) is 6.42 Å². The fourth-order valence-corrected chi connectivity index (χ4v) is 1.33. The maximum absolute atomic E-state index is 10.8. The first-order chi connectivity index (χ1) is 4.86. The molecule has 0 atom stereocenters. The Hall–Kier alpha value is -1.05. The predicted octanol–water partition coefficient (Wildman–Crippen LogP) is 0.914. The summed E-state index contributed by atoms with van der Waals surface area (Å²) in [4.78, 5) is 10.8. The van der Waals surface area contributed by atoms with E-state index in [1.54, 1.807) is 0 Å². The van der Waals surface area contributed by atoms with Crippen LogP contribution in [0.1, 0.15) is 19.3 Å². The second-order valence-corrected chi connectivity index (χ2v) is 2.59. The minimum absolute atomic E-state index is 0.130. The van der Waals surface area contributed by atoms with Crippen molar-refractivity contribution in [3.05, 3.63) is 23.4 Å². The first-order valence-electron chi connectivity index (χ1n) is 3.45. The molecule has 0 saturated carbocycles. The molecular weight excluding hydrogens is 126 g/mol. The summed E-state index contributed by atoms with van der Waals surface area (Å²) in [6.45, 7) is 0. The summed E-state index contributed by atoms with van der Waals surface area (Å²) in [5, 5.41) is 2.78. The molecule has 0 bridgehead atoms. The molecule has 51 valence electrons. The van der Waals surface area contributed by atoms with Crippen LogP contribution in [-0.2, 0) is 4.79 Å². The van der Waals surface area contributed by atoms with Crippen molar-refractivity contribution in [2.45, 2.75) is 19.3 Å². The number of carbonyl (C=O) groups excluding carboxylic acids is 1. The van der Waals surface area contributed by atoms with Crippen LogP contribution in [0, 0.1) is 6.08 Å². The molecule has 2 heteroatoms. The molecule has 2 aliphatic rings. The van der Waals surface area contributed by atoms with Gasteiger partial charge in [0.1, 0.15) is 0 Å². The molecule has 0 fully saturated rings. The van der Waals surface area contributed by atoms with Crippen LogP contribution in [0.3, 0.4) is 0 Å². The Balaban J connectivity index is 2.29. The predicted molar refractivity (Wildman–Crippen MR) is 36.8 cm³/mol. The van der Waals surface area contributed by atoms with Crippen molar-refractivity contribution in [1.29, 1.82) is 0 Å². The van der Waals surface area contributed by atoms with E-state index >= 15 is 0 Å². The topological polar surface area (TPSA) is 29.1 Å². The van der Waals surface area contributed by atoms with Gasteiger partial charge in [0, 0.05) is 5.70 Å². The molecule has 1 N–H and O–H groups in total. The molecule has 10 heavy (non-hydrogen) atoms. The monoisotopic (exact) mass is 134 g/mol. The van der Waals surface area contributed by atoms with Crippen molar-refractivity contribution in [3.63, 3.8) is 0 Å². The number of allylic oxidation sites excluding steroid dienone is 2. The van der Waals surface area contributed by atoms with Gasteiger partial charge in [0.25, 0.3) is 0 Å². The summed E-state index contributed by atoms with van der Waals surface area (Å²) >= 11 is 0. The van der Waals surface area contributed by atoms with Gasteiger partial charge in [-0.3, -0.25) is 4.79 Å². The first kappa shape index (κ1) is 5.71. The Labute approximate surface area is 59.6 Å². The molecule has 1 aliphatic heterocycles. The average molecular weight is 134 g/mol. The molecule has 0 aromatic rings. The fourth-order valence-electron chi connectivity index (χ4n) is 1.33. The van der Waals surface area contributed by atoms with Crippen molar-refractivity contribution >= 4 is 5.91 Å². The van der Waals surface area contributed by atoms with E-state index < -0.39 is 0 Å². The highest BCUT2D eigenvalue weighted by Crippen LogP contribution is 2.23. The van der Waals surface area contributed by atoms with Crippen molar-refractivity contribution in [2.75, 3.05) is 0 Å². The van der Waals surface area contributed by atoms with Crippen LogP contribution in [0.2, 0.25) is 0 Å². The maximum atomic E-state index is 10.8. The summed E-state index contributed by atoms with van der Waals surface area (Å²) in [6, 6.07) is 0. The minimum Gasteiger partial charge on any atom is -0.326 e. The van der Waals surface area contributed by atoms with Gasteiger partial charge in [-0.1, -0.05) is 0 Å². The largest absolute Gasteiger partial charge is 0.326 e. The van der Waals surface area contributed by atoms with E-state index in [1.807, 2.05) is 6.08 Å². The van der Waals surface area contributed by atoms with Crippen molar-refractivity contribution in [2.24, 2.45) is 0 Å². The van der Waals surface area contributed by atoms with Gasteiger partial charge in [-0.2, -0.15) is 0 Å². The van der Waals surface area contributed by atoms with Crippen LogP contribution in [0.5, 0.6) is 0 Å². The van der Waals surface area contributed by atoms with Crippen LogP contribution < -0.4 is 5.32 Å². The van der Waals surface area contributed by atoms with Crippen molar-refractivity contribution < 1.29 is 4.79 Å². The number of amides is 1. The molecule has 1 aliphatic carbocycles. The van der Waals surface area contributed by atoms with Gasteiger partial charge in [0.05, 0.1) is 6.42 Å². The molecule has 1 radical (unpaired) electrons. The summed E-state index contributed by atoms with van der Waals surface area (Å²) in [5.74, 6) is 0.130. The van der Waals surface area contributed by atoms with Crippen molar-refractivity contribution in [1.82, 2.24) is 5.32 Å². The van der Waals surface area contributed by atoms with E-state index in [9.17, 15) is 4.79 Å². The van der Waals surface area contributed by atoms with Crippen LogP contribution in [0.4, 0.5) is 0 Å². The Morgan fingerprint density at radius 2 is 2.50 bits per heavy atom. The van der Waals surface area contributed by atoms with E-state index in [2.05, 4.69) is 11.4 Å². The number of hydrogen-bond donors (Lipinski definition) is 1. The summed E-state index contributed by atoms with van der Waals surface area (Å²) < 4.78 is 0. The quantitative estimate of drug-likeness (QED) is 0.524. The van der Waals surface area contributed by atoms with Gasteiger partial charge in [-0.15, -0.1) is 0 Å². The Kier molecular flexibility index (Phi) is 1.13. The second-order valence-electron chi connectivity index (χ2n) is 2.59. The van der Waals surface area contributed by atoms with Gasteiger partial charge in [0.2, 0.25) is 5.91 Å². The summed E-state index contributed by atoms with van der Waals surface area (Å²) in [5.41, 5.74) is 2.25. The van der Waals surface area contributed by atoms with E-state index in [0.717, 1.165) is 18.5 Å². The lowest BCUT2D eigenvalue weighted by Crippen LogP contribution is -2.13. The Morgan fingerprint density at radius 3 is 3.30 bits per heavy atom. The lowest BCUT2D eigenvalue weighted by molar-refractivity contribution is -0.118. The molecule has 1 amide bonds. The average Bonchev–Trinajstić information content (AvgIpc) is 2.27. The molecule has 1 heterocycles. The third-order valence-corrected chi connectivity index (χ3v) is 1.85. The highest BCUT2D eigenvalue weighted by molar-refractivity contribution is 5.85. The highest BCUT2D eigenvalue weighted by Gasteiger charge is 2.19. The molecule has 0 aromatic carbocycles. The molecule has 0 unspecified atom stereocenters. The normalized spacial score (nSPS) is 23.0. The zero-order valence-electron chi connectivity index (χ0n) is 5.61. The van der Waals surface area contributed by atoms with E-state index in [4.69, 9.17) is 0 Å². The fraction of sp³-hybridized carbons (Fsp3) is 0.375. The number of rotatable bonds is 0. The maximum Gasteiger partial charge on any atom is 0.228 e. The van der Waals surface area contributed by atoms with Crippen molar-refractivity contribution in [3.8, 4) is 0 Å². The van der Waals surface area contributed by atoms with Gasteiger partial charge in [-0.25, -0.2) is 0 Å². The second kappa shape index (κ2) is 1.97. The van der Waals surface area contributed by atoms with Crippen LogP contribution in [0.25, 0.3) is 0 Å². The SMILES string of the molecule is O=C1CC2=C(C=[C]CC2)N1. The number of hydrogen-bond acceptors (Lipinski definition) is 1. The van der Waals surface area contributed by atoms with Gasteiger partial charge < -0.3 is 5.32 Å². The number of nitrogens with one attached hydrogen (secondary N) is 1. The zero-order chi connectivity index (χ0) is 6.97. The molecule has 2 rings (SSSR count). The Morgan fingerprint density at radius 1 is 1.60 bits per heavy atom. The zero-order valence-corrected chi connectivity index (χ0v) is 5.61. The molecule has 0 spiro atoms. The van der Waals surface area contributed by atoms with Gasteiger partial charge >= 0.3 is 0 Å². The summed E-state index contributed by atoms with van der Waals surface area (Å²) in [7, 11) is 0. The summed E-state index contributed by atoms with van der Waals surface area (Å²) in [6.07, 6.45) is 7.53. The number of carbonyl (C=O) groups is 1. The third kappa shape index (κ3) is 0.764. The lowest BCUT2D eigenvalue weighted by Gasteiger charge is -2.04. The molecule has 2 nitrogen and oxygen atoms in total. The smallest absolute Gasteiger partial charge is 0.228 e. The standard InChI is InChI=1S/C8H8NO/c10-8-5-6-3-1-2-4-7(6)9-8/h4H,1,3,5H2,(H,9,10). The van der Waals surface area contributed by atoms with Gasteiger partial charge in [0.15, 0.2) is 0 Å². The van der Waals surface area contributed by atoms with Crippen LogP contribution in [0.15, 0.2) is 17.3 Å². The van der Waals surface area contributed by atoms with Crippen LogP contribution >= 0.6 is 0 Å². The van der Waals surface area contributed by atoms with Crippen LogP contribution in [-0.4, -0.2) is 5.91 Å². The van der Waals surface area contributed by atoms with Gasteiger partial charge in [-0.05, 0) is 30.6 Å². The highest BCUT2D eigenvalue weighted by atomic mass is 16.1. The first-order valence-corrected chi connectivity index (χ1v) is 3.45. The molecular formula is C8H8NO. The van der Waals surface area contributed by atoms with E-state index in [-0.39, 0.29) is 5.91 Å². The lowest BCUT2D eigenvalue weighted by atomic mass is 10.0.